The van der Waals surface area contributed by atoms with Gasteiger partial charge in [0, 0.05) is 6.42 Å². The van der Waals surface area contributed by atoms with Crippen LogP contribution in [0.1, 0.15) is 23.1 Å². The molecule has 0 radical (unpaired) electrons. The third kappa shape index (κ3) is 3.09. The van der Waals surface area contributed by atoms with E-state index in [2.05, 4.69) is 6.07 Å². The van der Waals surface area contributed by atoms with E-state index >= 15 is 0 Å². The molecular formula is C20H19NO4. The molecule has 2 aromatic rings. The molecule has 1 fully saturated rings. The van der Waals surface area contributed by atoms with E-state index in [9.17, 15) is 9.59 Å². The number of carbonyl (C=O) groups is 2. The van der Waals surface area contributed by atoms with Gasteiger partial charge >= 0.3 is 0 Å². The Kier molecular flexibility index (Phi) is 3.92. The number of imide groups is 1. The second kappa shape index (κ2) is 6.24. The van der Waals surface area contributed by atoms with Crippen molar-refractivity contribution in [3.8, 4) is 11.5 Å². The molecule has 128 valence electrons. The fourth-order valence-corrected chi connectivity index (χ4v) is 3.42. The Hall–Kier alpha value is -2.82. The minimum atomic E-state index is -0.275. The van der Waals surface area contributed by atoms with E-state index in [1.165, 1.54) is 4.90 Å². The fourth-order valence-electron chi connectivity index (χ4n) is 3.42. The van der Waals surface area contributed by atoms with Crippen molar-refractivity contribution in [2.45, 2.75) is 26.3 Å². The van der Waals surface area contributed by atoms with Crippen LogP contribution in [-0.2, 0) is 22.6 Å². The van der Waals surface area contributed by atoms with Crippen LogP contribution < -0.4 is 9.47 Å². The van der Waals surface area contributed by atoms with Crippen LogP contribution in [0.3, 0.4) is 0 Å². The summed E-state index contributed by atoms with van der Waals surface area (Å²) >= 11 is 0. The van der Waals surface area contributed by atoms with E-state index in [1.807, 2.05) is 43.3 Å². The summed E-state index contributed by atoms with van der Waals surface area (Å²) in [7, 11) is 0. The summed E-state index contributed by atoms with van der Waals surface area (Å²) < 4.78 is 10.6. The molecule has 0 aromatic heterocycles. The Bertz CT molecular complexity index is 845. The summed E-state index contributed by atoms with van der Waals surface area (Å²) in [4.78, 5) is 26.4. The predicted octanol–water partition coefficient (Wildman–Crippen LogP) is 2.84. The minimum Gasteiger partial charge on any atom is -0.454 e. The molecule has 1 atom stereocenters. The second-order valence-electron chi connectivity index (χ2n) is 6.60. The molecule has 0 unspecified atom stereocenters. The largest absolute Gasteiger partial charge is 0.454 e. The number of benzene rings is 2. The van der Waals surface area contributed by atoms with Gasteiger partial charge in [-0.2, -0.15) is 0 Å². The zero-order valence-electron chi connectivity index (χ0n) is 14.0. The van der Waals surface area contributed by atoms with Crippen molar-refractivity contribution in [3.63, 3.8) is 0 Å². The lowest BCUT2D eigenvalue weighted by atomic mass is 9.97. The summed E-state index contributed by atoms with van der Waals surface area (Å²) in [6.07, 6.45) is 0.876. The van der Waals surface area contributed by atoms with Crippen molar-refractivity contribution in [1.29, 1.82) is 0 Å². The summed E-state index contributed by atoms with van der Waals surface area (Å²) in [6, 6.07) is 13.6. The number of nitrogens with zero attached hydrogens (tertiary/aromatic N) is 1. The van der Waals surface area contributed by atoms with Crippen molar-refractivity contribution in [1.82, 2.24) is 4.90 Å². The van der Waals surface area contributed by atoms with Crippen LogP contribution in [0, 0.1) is 12.8 Å². The predicted molar refractivity (Wildman–Crippen MR) is 91.1 cm³/mol. The SMILES string of the molecule is Cc1cccc(C[C@H]2CC(=O)N(Cc3ccc4c(c3)OCO4)C2=O)c1. The van der Waals surface area contributed by atoms with Crippen LogP contribution in [0.25, 0.3) is 0 Å². The molecular weight excluding hydrogens is 318 g/mol. The molecule has 2 aromatic carbocycles. The van der Waals surface area contributed by atoms with Crippen molar-refractivity contribution in [2.75, 3.05) is 6.79 Å². The first-order valence-corrected chi connectivity index (χ1v) is 8.38. The molecule has 0 N–H and O–H groups in total. The molecule has 1 saturated heterocycles. The molecule has 2 aliphatic rings. The second-order valence-corrected chi connectivity index (χ2v) is 6.60. The fraction of sp³-hybridized carbons (Fsp3) is 0.300. The van der Waals surface area contributed by atoms with E-state index in [-0.39, 0.29) is 37.5 Å². The van der Waals surface area contributed by atoms with Crippen LogP contribution >= 0.6 is 0 Å². The van der Waals surface area contributed by atoms with Crippen molar-refractivity contribution >= 4 is 11.8 Å². The van der Waals surface area contributed by atoms with Gasteiger partial charge in [-0.1, -0.05) is 35.9 Å². The molecule has 0 spiro atoms. The Labute approximate surface area is 146 Å². The summed E-state index contributed by atoms with van der Waals surface area (Å²) in [5, 5.41) is 0. The van der Waals surface area contributed by atoms with Crippen LogP contribution in [0.4, 0.5) is 0 Å². The maximum atomic E-state index is 12.7. The zero-order valence-corrected chi connectivity index (χ0v) is 14.0. The molecule has 4 rings (SSSR count). The highest BCUT2D eigenvalue weighted by atomic mass is 16.7. The number of carbonyl (C=O) groups excluding carboxylic acids is 2. The average molecular weight is 337 g/mol. The average Bonchev–Trinajstić information content (AvgIpc) is 3.15. The molecule has 25 heavy (non-hydrogen) atoms. The minimum absolute atomic E-state index is 0.0934. The summed E-state index contributed by atoms with van der Waals surface area (Å²) in [5.74, 6) is 0.876. The lowest BCUT2D eigenvalue weighted by Crippen LogP contribution is -2.30. The highest BCUT2D eigenvalue weighted by Crippen LogP contribution is 2.33. The standard InChI is InChI=1S/C20H19NO4/c1-13-3-2-4-14(7-13)8-16-10-19(22)21(20(16)23)11-15-5-6-17-18(9-15)25-12-24-17/h2-7,9,16H,8,10-12H2,1H3/t16-/m0/s1. The highest BCUT2D eigenvalue weighted by molar-refractivity contribution is 6.03. The first-order valence-electron chi connectivity index (χ1n) is 8.38. The first-order chi connectivity index (χ1) is 12.1. The Balaban J connectivity index is 1.47. The lowest BCUT2D eigenvalue weighted by molar-refractivity contribution is -0.140. The Morgan fingerprint density at radius 3 is 2.72 bits per heavy atom. The van der Waals surface area contributed by atoms with Gasteiger partial charge in [-0.3, -0.25) is 14.5 Å². The van der Waals surface area contributed by atoms with Gasteiger partial charge in [-0.15, -0.1) is 0 Å². The van der Waals surface area contributed by atoms with E-state index in [4.69, 9.17) is 9.47 Å². The molecule has 2 aliphatic heterocycles. The zero-order chi connectivity index (χ0) is 17.4. The van der Waals surface area contributed by atoms with Crippen molar-refractivity contribution in [2.24, 2.45) is 5.92 Å². The first kappa shape index (κ1) is 15.7. The van der Waals surface area contributed by atoms with E-state index in [0.717, 1.165) is 16.7 Å². The third-order valence-corrected chi connectivity index (χ3v) is 4.68. The summed E-state index contributed by atoms with van der Waals surface area (Å²) in [6.45, 7) is 2.51. The van der Waals surface area contributed by atoms with E-state index < -0.39 is 0 Å². The third-order valence-electron chi connectivity index (χ3n) is 4.68. The Morgan fingerprint density at radius 2 is 1.88 bits per heavy atom. The van der Waals surface area contributed by atoms with Gasteiger partial charge in [-0.25, -0.2) is 0 Å². The number of hydrogen-bond donors (Lipinski definition) is 0. The molecule has 5 heteroatoms. The van der Waals surface area contributed by atoms with Crippen LogP contribution in [0.15, 0.2) is 42.5 Å². The van der Waals surface area contributed by atoms with Gasteiger partial charge in [0.15, 0.2) is 11.5 Å². The highest BCUT2D eigenvalue weighted by Gasteiger charge is 2.38. The number of ether oxygens (including phenoxy) is 2. The quantitative estimate of drug-likeness (QED) is 0.805. The molecule has 0 saturated carbocycles. The van der Waals surface area contributed by atoms with Gasteiger partial charge in [0.05, 0.1) is 12.5 Å². The lowest BCUT2D eigenvalue weighted by Gasteiger charge is -2.15. The number of likely N-dealkylation sites (tertiary alicyclic amines) is 1. The number of aryl methyl sites for hydroxylation is 1. The molecule has 2 amide bonds. The van der Waals surface area contributed by atoms with Gasteiger partial charge in [0.1, 0.15) is 0 Å². The Morgan fingerprint density at radius 1 is 1.04 bits per heavy atom. The maximum Gasteiger partial charge on any atom is 0.233 e. The molecule has 2 heterocycles. The number of amides is 2. The summed E-state index contributed by atoms with van der Waals surface area (Å²) in [5.41, 5.74) is 3.12. The van der Waals surface area contributed by atoms with Gasteiger partial charge in [-0.05, 0) is 36.6 Å². The number of hydrogen-bond acceptors (Lipinski definition) is 4. The van der Waals surface area contributed by atoms with Gasteiger partial charge < -0.3 is 9.47 Å². The van der Waals surface area contributed by atoms with E-state index in [0.29, 0.717) is 17.9 Å². The monoisotopic (exact) mass is 337 g/mol. The van der Waals surface area contributed by atoms with E-state index in [1.54, 1.807) is 0 Å². The molecule has 0 bridgehead atoms. The van der Waals surface area contributed by atoms with Gasteiger partial charge in [0.2, 0.25) is 18.6 Å². The van der Waals surface area contributed by atoms with Crippen LogP contribution in [-0.4, -0.2) is 23.5 Å². The number of fused-ring (bicyclic) bond motifs is 1. The maximum absolute atomic E-state index is 12.7. The normalized spacial score (nSPS) is 18.9. The topological polar surface area (TPSA) is 55.8 Å². The van der Waals surface area contributed by atoms with Crippen molar-refractivity contribution in [3.05, 3.63) is 59.2 Å². The smallest absolute Gasteiger partial charge is 0.233 e. The van der Waals surface area contributed by atoms with Crippen molar-refractivity contribution < 1.29 is 19.1 Å². The van der Waals surface area contributed by atoms with Crippen LogP contribution in [0.5, 0.6) is 11.5 Å². The molecule has 0 aliphatic carbocycles. The van der Waals surface area contributed by atoms with Gasteiger partial charge in [0.25, 0.3) is 0 Å². The molecule has 5 nitrogen and oxygen atoms in total. The number of rotatable bonds is 4. The van der Waals surface area contributed by atoms with Crippen LogP contribution in [0.2, 0.25) is 0 Å².